The van der Waals surface area contributed by atoms with Crippen LogP contribution < -0.4 is 5.32 Å². The fourth-order valence-corrected chi connectivity index (χ4v) is 1.63. The van der Waals surface area contributed by atoms with Crippen molar-refractivity contribution in [2.24, 2.45) is 5.41 Å². The largest absolute Gasteiger partial charge is 0.396 e. The topological polar surface area (TPSA) is 62.5 Å². The van der Waals surface area contributed by atoms with Crippen LogP contribution in [-0.2, 0) is 0 Å². The molecule has 2 rings (SSSR count). The van der Waals surface area contributed by atoms with Crippen molar-refractivity contribution in [2.45, 2.75) is 20.3 Å². The minimum atomic E-state index is 0.0583. The molecule has 0 spiro atoms. The van der Waals surface area contributed by atoms with E-state index in [9.17, 15) is 0 Å². The van der Waals surface area contributed by atoms with Gasteiger partial charge in [0, 0.05) is 25.4 Å². The molecular weight excluding hydrogens is 216 g/mol. The molecular formula is C12H18N4O. The molecule has 0 saturated carbocycles. The fraction of sp³-hybridized carbons (Fsp3) is 0.500. The summed E-state index contributed by atoms with van der Waals surface area (Å²) in [6, 6.07) is 3.76. The van der Waals surface area contributed by atoms with Gasteiger partial charge in [0.25, 0.3) is 0 Å². The highest BCUT2D eigenvalue weighted by Gasteiger charge is 2.16. The van der Waals surface area contributed by atoms with Gasteiger partial charge in [0.2, 0.25) is 0 Å². The van der Waals surface area contributed by atoms with Gasteiger partial charge in [-0.25, -0.2) is 9.50 Å². The zero-order chi connectivity index (χ0) is 12.3. The maximum atomic E-state index is 8.96. The molecule has 0 amide bonds. The molecule has 2 heterocycles. The molecule has 2 N–H and O–H groups in total. The first-order valence-corrected chi connectivity index (χ1v) is 5.76. The first-order chi connectivity index (χ1) is 8.11. The molecule has 0 aliphatic heterocycles. The number of nitrogens with one attached hydrogen (secondary N) is 1. The Kier molecular flexibility index (Phi) is 3.28. The molecule has 0 aliphatic carbocycles. The minimum Gasteiger partial charge on any atom is -0.396 e. The van der Waals surface area contributed by atoms with Gasteiger partial charge in [0.15, 0.2) is 5.65 Å². The van der Waals surface area contributed by atoms with Crippen molar-refractivity contribution in [3.63, 3.8) is 0 Å². The van der Waals surface area contributed by atoms with Gasteiger partial charge in [-0.2, -0.15) is 5.10 Å². The third-order valence-electron chi connectivity index (χ3n) is 2.79. The summed E-state index contributed by atoms with van der Waals surface area (Å²) < 4.78 is 1.73. The molecule has 0 aliphatic rings. The quantitative estimate of drug-likeness (QED) is 0.824. The first-order valence-electron chi connectivity index (χ1n) is 5.76. The van der Waals surface area contributed by atoms with Crippen molar-refractivity contribution in [3.05, 3.63) is 24.5 Å². The van der Waals surface area contributed by atoms with Crippen molar-refractivity contribution < 1.29 is 5.11 Å². The van der Waals surface area contributed by atoms with Crippen LogP contribution in [0.4, 0.5) is 5.82 Å². The molecule has 0 unspecified atom stereocenters. The summed E-state index contributed by atoms with van der Waals surface area (Å²) in [6.45, 7) is 5.23. The number of nitrogens with zero attached hydrogens (tertiary/aromatic N) is 3. The fourth-order valence-electron chi connectivity index (χ4n) is 1.63. The van der Waals surface area contributed by atoms with Gasteiger partial charge in [0.1, 0.15) is 5.82 Å². The van der Waals surface area contributed by atoms with E-state index in [0.717, 1.165) is 24.4 Å². The number of fused-ring (bicyclic) bond motifs is 1. The lowest BCUT2D eigenvalue weighted by atomic mass is 9.90. The Bertz CT molecular complexity index is 492. The van der Waals surface area contributed by atoms with E-state index in [2.05, 4.69) is 29.2 Å². The Labute approximate surface area is 100 Å². The molecule has 0 fully saturated rings. The normalized spacial score (nSPS) is 11.9. The van der Waals surface area contributed by atoms with E-state index < -0.39 is 0 Å². The number of hydrogen-bond acceptors (Lipinski definition) is 4. The third-order valence-corrected chi connectivity index (χ3v) is 2.79. The smallest absolute Gasteiger partial charge is 0.157 e. The number of hydrogen-bond donors (Lipinski definition) is 2. The Morgan fingerprint density at radius 3 is 3.00 bits per heavy atom. The molecule has 2 aromatic rings. The average Bonchev–Trinajstić information content (AvgIpc) is 2.73. The van der Waals surface area contributed by atoms with E-state index in [4.69, 9.17) is 5.11 Å². The van der Waals surface area contributed by atoms with Gasteiger partial charge < -0.3 is 10.4 Å². The first kappa shape index (κ1) is 11.9. The SMILES string of the molecule is CC(C)(CCO)CNc1ccn2nccc2n1. The van der Waals surface area contributed by atoms with Gasteiger partial charge in [0.05, 0.1) is 6.20 Å². The van der Waals surface area contributed by atoms with Crippen LogP contribution in [0.15, 0.2) is 24.5 Å². The van der Waals surface area contributed by atoms with Crippen molar-refractivity contribution in [1.82, 2.24) is 14.6 Å². The Balaban J connectivity index is 2.03. The summed E-state index contributed by atoms with van der Waals surface area (Å²) in [5.41, 5.74) is 0.887. The predicted octanol–water partition coefficient (Wildman–Crippen LogP) is 1.55. The molecule has 0 aromatic carbocycles. The van der Waals surface area contributed by atoms with Crippen LogP contribution in [0, 0.1) is 5.41 Å². The molecule has 92 valence electrons. The van der Waals surface area contributed by atoms with E-state index in [1.807, 2.05) is 18.3 Å². The summed E-state index contributed by atoms with van der Waals surface area (Å²) >= 11 is 0. The number of aliphatic hydroxyl groups is 1. The predicted molar refractivity (Wildman–Crippen MR) is 67.0 cm³/mol. The van der Waals surface area contributed by atoms with Crippen LogP contribution in [0.2, 0.25) is 0 Å². The Hall–Kier alpha value is -1.62. The second-order valence-corrected chi connectivity index (χ2v) is 4.94. The van der Waals surface area contributed by atoms with Crippen molar-refractivity contribution >= 4 is 11.5 Å². The molecule has 0 saturated heterocycles. The van der Waals surface area contributed by atoms with Crippen LogP contribution in [0.5, 0.6) is 0 Å². The van der Waals surface area contributed by atoms with Gasteiger partial charge in [-0.15, -0.1) is 0 Å². The highest BCUT2D eigenvalue weighted by Crippen LogP contribution is 2.20. The third kappa shape index (κ3) is 2.94. The van der Waals surface area contributed by atoms with Gasteiger partial charge >= 0.3 is 0 Å². The summed E-state index contributed by atoms with van der Waals surface area (Å²) in [5, 5.41) is 16.3. The van der Waals surface area contributed by atoms with Crippen molar-refractivity contribution in [2.75, 3.05) is 18.5 Å². The number of rotatable bonds is 5. The van der Waals surface area contributed by atoms with Crippen molar-refractivity contribution in [3.8, 4) is 0 Å². The standard InChI is InChI=1S/C12H18N4O/c1-12(2,5-8-17)9-13-10-4-7-16-11(15-10)3-6-14-16/h3-4,6-7,17H,5,8-9H2,1-2H3,(H,13,15). The second kappa shape index (κ2) is 4.71. The number of aliphatic hydroxyl groups excluding tert-OH is 1. The van der Waals surface area contributed by atoms with E-state index >= 15 is 0 Å². The number of anilines is 1. The molecule has 0 radical (unpaired) electrons. The lowest BCUT2D eigenvalue weighted by molar-refractivity contribution is 0.220. The van der Waals surface area contributed by atoms with E-state index in [1.54, 1.807) is 10.7 Å². The molecule has 0 bridgehead atoms. The van der Waals surface area contributed by atoms with Gasteiger partial charge in [-0.1, -0.05) is 13.8 Å². The molecule has 5 heteroatoms. The second-order valence-electron chi connectivity index (χ2n) is 4.94. The Morgan fingerprint density at radius 1 is 1.41 bits per heavy atom. The zero-order valence-corrected chi connectivity index (χ0v) is 10.2. The van der Waals surface area contributed by atoms with Crippen LogP contribution in [0.1, 0.15) is 20.3 Å². The number of aromatic nitrogens is 3. The van der Waals surface area contributed by atoms with Gasteiger partial charge in [-0.05, 0) is 17.9 Å². The van der Waals surface area contributed by atoms with Crippen LogP contribution in [-0.4, -0.2) is 32.9 Å². The average molecular weight is 234 g/mol. The van der Waals surface area contributed by atoms with E-state index in [-0.39, 0.29) is 12.0 Å². The lowest BCUT2D eigenvalue weighted by Gasteiger charge is -2.24. The molecule has 17 heavy (non-hydrogen) atoms. The summed E-state index contributed by atoms with van der Waals surface area (Å²) in [6.07, 6.45) is 4.38. The monoisotopic (exact) mass is 234 g/mol. The van der Waals surface area contributed by atoms with Gasteiger partial charge in [-0.3, -0.25) is 0 Å². The molecule has 2 aromatic heterocycles. The maximum absolute atomic E-state index is 8.96. The molecule has 0 atom stereocenters. The Morgan fingerprint density at radius 2 is 2.24 bits per heavy atom. The van der Waals surface area contributed by atoms with Crippen LogP contribution >= 0.6 is 0 Å². The highest BCUT2D eigenvalue weighted by atomic mass is 16.3. The van der Waals surface area contributed by atoms with E-state index in [0.29, 0.717) is 0 Å². The van der Waals surface area contributed by atoms with Crippen LogP contribution in [0.25, 0.3) is 5.65 Å². The zero-order valence-electron chi connectivity index (χ0n) is 10.2. The highest BCUT2D eigenvalue weighted by molar-refractivity contribution is 5.45. The van der Waals surface area contributed by atoms with Crippen molar-refractivity contribution in [1.29, 1.82) is 0 Å². The summed E-state index contributed by atoms with van der Waals surface area (Å²) in [7, 11) is 0. The summed E-state index contributed by atoms with van der Waals surface area (Å²) in [4.78, 5) is 4.43. The maximum Gasteiger partial charge on any atom is 0.157 e. The molecule has 5 nitrogen and oxygen atoms in total. The van der Waals surface area contributed by atoms with Crippen LogP contribution in [0.3, 0.4) is 0 Å². The lowest BCUT2D eigenvalue weighted by Crippen LogP contribution is -2.24. The van der Waals surface area contributed by atoms with E-state index in [1.165, 1.54) is 0 Å². The summed E-state index contributed by atoms with van der Waals surface area (Å²) in [5.74, 6) is 0.837. The minimum absolute atomic E-state index is 0.0583.